The lowest BCUT2D eigenvalue weighted by Gasteiger charge is -2.32. The van der Waals surface area contributed by atoms with Crippen LogP contribution in [0, 0.1) is 0 Å². The van der Waals surface area contributed by atoms with Gasteiger partial charge >= 0.3 is 0 Å². The molecule has 4 aromatic heterocycles. The molecule has 0 radical (unpaired) electrons. The molecule has 160 valence electrons. The van der Waals surface area contributed by atoms with E-state index in [9.17, 15) is 4.79 Å². The Bertz CT molecular complexity index is 1570. The molecule has 0 fully saturated rings. The van der Waals surface area contributed by atoms with E-state index in [2.05, 4.69) is 13.8 Å². The molecule has 0 amide bonds. The number of halogens is 1. The fraction of sp³-hybridized carbons (Fsp3) is 0.208. The minimum Gasteiger partial charge on any atom is -0.464 e. The van der Waals surface area contributed by atoms with Crippen molar-refractivity contribution in [3.63, 3.8) is 0 Å². The lowest BCUT2D eigenvalue weighted by molar-refractivity contribution is -0.0409. The zero-order valence-corrected chi connectivity index (χ0v) is 19.0. The average molecular weight is 464 g/mol. The van der Waals surface area contributed by atoms with Crippen molar-refractivity contribution in [3.8, 4) is 17.0 Å². The number of benzene rings is 1. The van der Waals surface area contributed by atoms with E-state index < -0.39 is 0 Å². The smallest absolute Gasteiger partial charge is 0.275 e. The molecule has 5 heterocycles. The number of pyridine rings is 1. The minimum atomic E-state index is -0.303. The van der Waals surface area contributed by atoms with Gasteiger partial charge in [-0.25, -0.2) is 9.97 Å². The second-order valence-electron chi connectivity index (χ2n) is 8.47. The maximum absolute atomic E-state index is 13.4. The molecule has 0 spiro atoms. The van der Waals surface area contributed by atoms with Gasteiger partial charge in [-0.3, -0.25) is 9.36 Å². The van der Waals surface area contributed by atoms with E-state index in [-0.39, 0.29) is 11.2 Å². The second-order valence-corrected chi connectivity index (χ2v) is 9.91. The summed E-state index contributed by atoms with van der Waals surface area (Å²) in [5.41, 5.74) is 3.71. The molecule has 0 bridgehead atoms. The van der Waals surface area contributed by atoms with E-state index in [1.54, 1.807) is 24.7 Å². The Morgan fingerprint density at radius 1 is 1.22 bits per heavy atom. The first-order valence-corrected chi connectivity index (χ1v) is 11.4. The quantitative estimate of drug-likeness (QED) is 0.333. The molecule has 1 aliphatic rings. The first-order valence-electron chi connectivity index (χ1n) is 10.2. The lowest BCUT2D eigenvalue weighted by Crippen LogP contribution is -2.32. The molecule has 5 aromatic rings. The third kappa shape index (κ3) is 3.00. The van der Waals surface area contributed by atoms with Gasteiger partial charge < -0.3 is 9.15 Å². The summed E-state index contributed by atoms with van der Waals surface area (Å²) in [6.45, 7) is 4.55. The average Bonchev–Trinajstić information content (AvgIpc) is 3.40. The van der Waals surface area contributed by atoms with Crippen molar-refractivity contribution in [2.24, 2.45) is 0 Å². The Labute approximate surface area is 192 Å². The van der Waals surface area contributed by atoms with Crippen LogP contribution in [0.2, 0.25) is 5.02 Å². The predicted octanol–water partition coefficient (Wildman–Crippen LogP) is 5.76. The van der Waals surface area contributed by atoms with E-state index in [0.29, 0.717) is 34.0 Å². The minimum absolute atomic E-state index is 0.153. The van der Waals surface area contributed by atoms with Gasteiger partial charge in [0.15, 0.2) is 0 Å². The van der Waals surface area contributed by atoms with Crippen molar-refractivity contribution in [3.05, 3.63) is 75.6 Å². The van der Waals surface area contributed by atoms with Crippen molar-refractivity contribution in [2.45, 2.75) is 32.5 Å². The molecule has 1 aliphatic heterocycles. The normalized spacial score (nSPS) is 15.3. The Balaban J connectivity index is 1.69. The summed E-state index contributed by atoms with van der Waals surface area (Å²) >= 11 is 7.50. The maximum Gasteiger partial charge on any atom is 0.275 e. The molecule has 8 heteroatoms. The number of hydrogen-bond donors (Lipinski definition) is 0. The highest BCUT2D eigenvalue weighted by molar-refractivity contribution is 7.25. The van der Waals surface area contributed by atoms with Crippen molar-refractivity contribution in [1.29, 1.82) is 0 Å². The summed E-state index contributed by atoms with van der Waals surface area (Å²) in [7, 11) is 0. The molecular formula is C24H18ClN3O3S. The SMILES string of the molecule is CC1(C)Cc2nc3sc4c(=O)n(-c5cccc(Cl)c5)cnc4c3c(-c3ccco3)c2CO1. The van der Waals surface area contributed by atoms with E-state index in [1.807, 2.05) is 24.3 Å². The van der Waals surface area contributed by atoms with Crippen LogP contribution >= 0.6 is 22.9 Å². The molecule has 0 saturated heterocycles. The predicted molar refractivity (Wildman–Crippen MR) is 126 cm³/mol. The van der Waals surface area contributed by atoms with Crippen LogP contribution in [0.15, 0.2) is 58.2 Å². The van der Waals surface area contributed by atoms with Gasteiger partial charge in [-0.2, -0.15) is 0 Å². The number of ether oxygens (including phenoxy) is 1. The number of furan rings is 1. The topological polar surface area (TPSA) is 70.2 Å². The third-order valence-corrected chi connectivity index (χ3v) is 7.07. The molecule has 0 atom stereocenters. The Morgan fingerprint density at radius 2 is 2.09 bits per heavy atom. The van der Waals surface area contributed by atoms with Gasteiger partial charge in [0.2, 0.25) is 0 Å². The summed E-state index contributed by atoms with van der Waals surface area (Å²) in [5.74, 6) is 0.720. The lowest BCUT2D eigenvalue weighted by atomic mass is 9.91. The van der Waals surface area contributed by atoms with Crippen LogP contribution in [0.5, 0.6) is 0 Å². The van der Waals surface area contributed by atoms with Crippen LogP contribution in [0.1, 0.15) is 25.1 Å². The Morgan fingerprint density at radius 3 is 2.88 bits per heavy atom. The number of hydrogen-bond acceptors (Lipinski definition) is 6. The zero-order valence-electron chi connectivity index (χ0n) is 17.4. The molecular weight excluding hydrogens is 446 g/mol. The molecule has 0 aliphatic carbocycles. The van der Waals surface area contributed by atoms with Crippen molar-refractivity contribution >= 4 is 43.4 Å². The number of rotatable bonds is 2. The van der Waals surface area contributed by atoms with Crippen LogP contribution in [0.4, 0.5) is 0 Å². The van der Waals surface area contributed by atoms with Crippen LogP contribution < -0.4 is 5.56 Å². The zero-order chi connectivity index (χ0) is 22.0. The summed E-state index contributed by atoms with van der Waals surface area (Å²) in [6.07, 6.45) is 3.88. The van der Waals surface area contributed by atoms with Crippen LogP contribution in [-0.2, 0) is 17.8 Å². The number of nitrogens with zero attached hydrogens (tertiary/aromatic N) is 3. The molecule has 0 N–H and O–H groups in total. The number of fused-ring (bicyclic) bond motifs is 4. The molecule has 6 rings (SSSR count). The summed E-state index contributed by atoms with van der Waals surface area (Å²) < 4.78 is 14.0. The van der Waals surface area contributed by atoms with Gasteiger partial charge in [-0.05, 0) is 44.2 Å². The van der Waals surface area contributed by atoms with Gasteiger partial charge in [-0.15, -0.1) is 11.3 Å². The van der Waals surface area contributed by atoms with Crippen LogP contribution in [0.3, 0.4) is 0 Å². The molecule has 0 saturated carbocycles. The standard InChI is InChI=1S/C24H18ClN3O3S/c1-24(2)10-16-15(11-31-24)18(17-7-4-8-30-17)19-20-21(32-22(19)27-16)23(29)28(12-26-20)14-6-3-5-13(25)9-14/h3-9,12H,10-11H2,1-2H3. The number of aromatic nitrogens is 3. The highest BCUT2D eigenvalue weighted by Crippen LogP contribution is 2.43. The fourth-order valence-corrected chi connectivity index (χ4v) is 5.54. The van der Waals surface area contributed by atoms with Crippen molar-refractivity contribution in [2.75, 3.05) is 0 Å². The first kappa shape index (κ1) is 19.7. The Hall–Kier alpha value is -3.00. The highest BCUT2D eigenvalue weighted by atomic mass is 35.5. The number of thiophene rings is 1. The van der Waals surface area contributed by atoms with Crippen molar-refractivity contribution in [1.82, 2.24) is 14.5 Å². The summed E-state index contributed by atoms with van der Waals surface area (Å²) in [4.78, 5) is 23.9. The highest BCUT2D eigenvalue weighted by Gasteiger charge is 2.32. The second kappa shape index (κ2) is 7.00. The largest absolute Gasteiger partial charge is 0.464 e. The molecule has 32 heavy (non-hydrogen) atoms. The van der Waals surface area contributed by atoms with Gasteiger partial charge in [0.05, 0.1) is 35.4 Å². The van der Waals surface area contributed by atoms with Gasteiger partial charge in [0.1, 0.15) is 21.6 Å². The van der Waals surface area contributed by atoms with E-state index >= 15 is 0 Å². The third-order valence-electron chi connectivity index (χ3n) is 5.77. The van der Waals surface area contributed by atoms with Crippen LogP contribution in [-0.4, -0.2) is 20.1 Å². The maximum atomic E-state index is 13.4. The molecule has 6 nitrogen and oxygen atoms in total. The van der Waals surface area contributed by atoms with Gasteiger partial charge in [-0.1, -0.05) is 17.7 Å². The van der Waals surface area contributed by atoms with E-state index in [1.165, 1.54) is 15.9 Å². The Kier molecular flexibility index (Phi) is 4.30. The molecule has 1 aromatic carbocycles. The fourth-order valence-electron chi connectivity index (χ4n) is 4.27. The van der Waals surface area contributed by atoms with E-state index in [4.69, 9.17) is 30.7 Å². The van der Waals surface area contributed by atoms with Gasteiger partial charge in [0, 0.05) is 28.0 Å². The summed E-state index contributed by atoms with van der Waals surface area (Å²) in [5, 5.41) is 1.39. The van der Waals surface area contributed by atoms with E-state index in [0.717, 1.165) is 32.8 Å². The van der Waals surface area contributed by atoms with Crippen LogP contribution in [0.25, 0.3) is 37.4 Å². The first-order chi connectivity index (χ1) is 15.4. The van der Waals surface area contributed by atoms with Gasteiger partial charge in [0.25, 0.3) is 5.56 Å². The molecule has 0 unspecified atom stereocenters. The van der Waals surface area contributed by atoms with Crippen molar-refractivity contribution < 1.29 is 9.15 Å². The monoisotopic (exact) mass is 463 g/mol. The summed E-state index contributed by atoms with van der Waals surface area (Å²) in [6, 6.07) is 10.9.